The molecule has 8 heteroatoms. The Balaban J connectivity index is 0.00000288. The van der Waals surface area contributed by atoms with Gasteiger partial charge in [-0.25, -0.2) is 0 Å². The highest BCUT2D eigenvalue weighted by Crippen LogP contribution is 2.34. The van der Waals surface area contributed by atoms with Gasteiger partial charge in [-0.05, 0) is 37.0 Å². The smallest absolute Gasteiger partial charge is 0.416 e. The monoisotopic (exact) mass is 364 g/mol. The van der Waals surface area contributed by atoms with Crippen LogP contribution in [0.15, 0.2) is 30.9 Å². The SMILES string of the molecule is C=CCOc1ccc(C(F)(F)F)cc1C(=O)NC(CN)C1CC1.Cl. The molecule has 1 aliphatic rings. The number of hydrogen-bond donors (Lipinski definition) is 2. The molecule has 1 atom stereocenters. The molecule has 1 saturated carbocycles. The second-order valence-corrected chi connectivity index (χ2v) is 5.46. The fourth-order valence-corrected chi connectivity index (χ4v) is 2.27. The van der Waals surface area contributed by atoms with Crippen LogP contribution in [0.2, 0.25) is 0 Å². The van der Waals surface area contributed by atoms with E-state index >= 15 is 0 Å². The van der Waals surface area contributed by atoms with Gasteiger partial charge in [-0.3, -0.25) is 4.79 Å². The first kappa shape index (κ1) is 20.3. The lowest BCUT2D eigenvalue weighted by molar-refractivity contribution is -0.137. The Labute approximate surface area is 144 Å². The first-order valence-electron chi connectivity index (χ1n) is 7.32. The van der Waals surface area contributed by atoms with Crippen LogP contribution >= 0.6 is 12.4 Å². The number of carbonyl (C=O) groups excluding carboxylic acids is 1. The van der Waals surface area contributed by atoms with Gasteiger partial charge in [0.05, 0.1) is 11.1 Å². The molecule has 0 spiro atoms. The van der Waals surface area contributed by atoms with Gasteiger partial charge in [0.25, 0.3) is 5.91 Å². The van der Waals surface area contributed by atoms with Crippen molar-refractivity contribution >= 4 is 18.3 Å². The van der Waals surface area contributed by atoms with E-state index in [-0.39, 0.29) is 42.9 Å². The van der Waals surface area contributed by atoms with Crippen LogP contribution in [0.3, 0.4) is 0 Å². The lowest BCUT2D eigenvalue weighted by Gasteiger charge is -2.18. The lowest BCUT2D eigenvalue weighted by atomic mass is 10.1. The Hall–Kier alpha value is -1.73. The third-order valence-corrected chi connectivity index (χ3v) is 3.67. The van der Waals surface area contributed by atoms with E-state index in [2.05, 4.69) is 11.9 Å². The first-order valence-corrected chi connectivity index (χ1v) is 7.32. The quantitative estimate of drug-likeness (QED) is 0.730. The zero-order valence-corrected chi connectivity index (χ0v) is 13.8. The molecule has 1 aromatic carbocycles. The minimum Gasteiger partial charge on any atom is -0.489 e. The molecule has 24 heavy (non-hydrogen) atoms. The van der Waals surface area contributed by atoms with Crippen LogP contribution in [0.4, 0.5) is 13.2 Å². The van der Waals surface area contributed by atoms with E-state index < -0.39 is 17.6 Å². The van der Waals surface area contributed by atoms with Crippen LogP contribution in [-0.4, -0.2) is 25.1 Å². The summed E-state index contributed by atoms with van der Waals surface area (Å²) in [5.41, 5.74) is 4.57. The van der Waals surface area contributed by atoms with Gasteiger partial charge in [-0.15, -0.1) is 12.4 Å². The maximum atomic E-state index is 12.9. The fraction of sp³-hybridized carbons (Fsp3) is 0.438. The van der Waals surface area contributed by atoms with E-state index in [1.165, 1.54) is 6.08 Å². The van der Waals surface area contributed by atoms with Crippen LogP contribution < -0.4 is 15.8 Å². The highest BCUT2D eigenvalue weighted by Gasteiger charge is 2.34. The average molecular weight is 365 g/mol. The molecular weight excluding hydrogens is 345 g/mol. The summed E-state index contributed by atoms with van der Waals surface area (Å²) in [5, 5.41) is 2.70. The van der Waals surface area contributed by atoms with Crippen molar-refractivity contribution < 1.29 is 22.7 Å². The number of ether oxygens (including phenoxy) is 1. The van der Waals surface area contributed by atoms with Crippen LogP contribution in [0.5, 0.6) is 5.75 Å². The van der Waals surface area contributed by atoms with Gasteiger partial charge in [0.1, 0.15) is 12.4 Å². The summed E-state index contributed by atoms with van der Waals surface area (Å²) < 4.78 is 43.9. The van der Waals surface area contributed by atoms with Crippen molar-refractivity contribution in [1.82, 2.24) is 5.32 Å². The molecule has 3 N–H and O–H groups in total. The van der Waals surface area contributed by atoms with E-state index in [9.17, 15) is 18.0 Å². The molecule has 1 aliphatic carbocycles. The van der Waals surface area contributed by atoms with Gasteiger partial charge >= 0.3 is 6.18 Å². The van der Waals surface area contributed by atoms with Gasteiger partial charge in [0, 0.05) is 12.6 Å². The van der Waals surface area contributed by atoms with E-state index in [0.29, 0.717) is 5.92 Å². The van der Waals surface area contributed by atoms with E-state index in [4.69, 9.17) is 10.5 Å². The molecule has 1 aromatic rings. The first-order chi connectivity index (χ1) is 10.9. The third kappa shape index (κ3) is 5.14. The number of nitrogens with two attached hydrogens (primary N) is 1. The lowest BCUT2D eigenvalue weighted by Crippen LogP contribution is -2.41. The fourth-order valence-electron chi connectivity index (χ4n) is 2.27. The number of carbonyl (C=O) groups is 1. The number of hydrogen-bond acceptors (Lipinski definition) is 3. The van der Waals surface area contributed by atoms with Crippen molar-refractivity contribution in [2.45, 2.75) is 25.1 Å². The highest BCUT2D eigenvalue weighted by atomic mass is 35.5. The molecule has 0 bridgehead atoms. The molecule has 1 amide bonds. The van der Waals surface area contributed by atoms with E-state index in [0.717, 1.165) is 31.0 Å². The van der Waals surface area contributed by atoms with Gasteiger partial charge in [0.15, 0.2) is 0 Å². The van der Waals surface area contributed by atoms with Crippen molar-refractivity contribution in [2.24, 2.45) is 11.7 Å². The number of amides is 1. The number of halogens is 4. The van der Waals surface area contributed by atoms with Gasteiger partial charge < -0.3 is 15.8 Å². The topological polar surface area (TPSA) is 64.3 Å². The second kappa shape index (κ2) is 8.39. The third-order valence-electron chi connectivity index (χ3n) is 3.67. The zero-order valence-electron chi connectivity index (χ0n) is 12.9. The Kier molecular flexibility index (Phi) is 7.10. The molecule has 0 aliphatic heterocycles. The number of rotatable bonds is 7. The summed E-state index contributed by atoms with van der Waals surface area (Å²) in [4.78, 5) is 12.4. The summed E-state index contributed by atoms with van der Waals surface area (Å²) in [5.74, 6) is -0.230. The Morgan fingerprint density at radius 2 is 2.12 bits per heavy atom. The van der Waals surface area contributed by atoms with Crippen molar-refractivity contribution in [3.05, 3.63) is 42.0 Å². The van der Waals surface area contributed by atoms with Crippen molar-refractivity contribution in [2.75, 3.05) is 13.2 Å². The number of nitrogens with one attached hydrogen (secondary N) is 1. The molecule has 0 saturated heterocycles. The summed E-state index contributed by atoms with van der Waals surface area (Å²) in [6.45, 7) is 3.82. The van der Waals surface area contributed by atoms with Gasteiger partial charge in [-0.2, -0.15) is 13.2 Å². The minimum atomic E-state index is -4.53. The molecule has 0 aromatic heterocycles. The van der Waals surface area contributed by atoms with Gasteiger partial charge in [-0.1, -0.05) is 12.7 Å². The van der Waals surface area contributed by atoms with Gasteiger partial charge in [0.2, 0.25) is 0 Å². The van der Waals surface area contributed by atoms with Crippen molar-refractivity contribution in [3.63, 3.8) is 0 Å². The summed E-state index contributed by atoms with van der Waals surface area (Å²) in [7, 11) is 0. The van der Waals surface area contributed by atoms with E-state index in [1.807, 2.05) is 0 Å². The maximum absolute atomic E-state index is 12.9. The summed E-state index contributed by atoms with van der Waals surface area (Å²) >= 11 is 0. The number of benzene rings is 1. The standard InChI is InChI=1S/C16H19F3N2O2.ClH/c1-2-7-23-14-6-5-11(16(17,18)19)8-12(14)15(22)21-13(9-20)10-3-4-10;/h2,5-6,8,10,13H,1,3-4,7,9,20H2,(H,21,22);1H. The predicted octanol–water partition coefficient (Wildman–Crippen LogP) is 3.16. The molecule has 2 rings (SSSR count). The summed E-state index contributed by atoms with van der Waals surface area (Å²) in [6.07, 6.45) is -1.16. The Morgan fingerprint density at radius 3 is 2.62 bits per heavy atom. The van der Waals surface area contributed by atoms with E-state index in [1.54, 1.807) is 0 Å². The Bertz CT molecular complexity index is 589. The molecule has 0 radical (unpaired) electrons. The van der Waals surface area contributed by atoms with Crippen LogP contribution in [-0.2, 0) is 6.18 Å². The van der Waals surface area contributed by atoms with Crippen molar-refractivity contribution in [3.8, 4) is 5.75 Å². The number of alkyl halides is 3. The average Bonchev–Trinajstić information content (AvgIpc) is 3.34. The molecule has 4 nitrogen and oxygen atoms in total. The molecule has 1 fully saturated rings. The Morgan fingerprint density at radius 1 is 1.46 bits per heavy atom. The molecule has 1 unspecified atom stereocenters. The van der Waals surface area contributed by atoms with Crippen LogP contribution in [0.1, 0.15) is 28.8 Å². The molecule has 0 heterocycles. The van der Waals surface area contributed by atoms with Crippen LogP contribution in [0, 0.1) is 5.92 Å². The highest BCUT2D eigenvalue weighted by molar-refractivity contribution is 5.97. The van der Waals surface area contributed by atoms with Crippen molar-refractivity contribution in [1.29, 1.82) is 0 Å². The second-order valence-electron chi connectivity index (χ2n) is 5.46. The predicted molar refractivity (Wildman–Crippen MR) is 87.4 cm³/mol. The van der Waals surface area contributed by atoms with Crippen LogP contribution in [0.25, 0.3) is 0 Å². The largest absolute Gasteiger partial charge is 0.489 e. The molecular formula is C16H20ClF3N2O2. The normalized spacial score (nSPS) is 15.2. The summed E-state index contributed by atoms with van der Waals surface area (Å²) in [6, 6.07) is 2.60. The molecule has 134 valence electrons. The zero-order chi connectivity index (χ0) is 17.0. The minimum absolute atomic E-state index is 0. The maximum Gasteiger partial charge on any atom is 0.416 e.